The second-order valence-electron chi connectivity index (χ2n) is 12.8. The van der Waals surface area contributed by atoms with Crippen LogP contribution in [0.4, 0.5) is 14.9 Å². The van der Waals surface area contributed by atoms with E-state index in [1.807, 2.05) is 33.9 Å². The van der Waals surface area contributed by atoms with Crippen molar-refractivity contribution >= 4 is 36.3 Å². The number of ether oxygens (including phenoxy) is 1. The number of aliphatic hydroxyl groups is 2. The van der Waals surface area contributed by atoms with E-state index in [1.54, 1.807) is 32.9 Å². The summed E-state index contributed by atoms with van der Waals surface area (Å²) in [4.78, 5) is 55.9. The first-order valence-corrected chi connectivity index (χ1v) is 16.5. The van der Waals surface area contributed by atoms with Crippen molar-refractivity contribution in [1.29, 1.82) is 0 Å². The number of aldehydes is 2. The van der Waals surface area contributed by atoms with Crippen molar-refractivity contribution in [2.24, 2.45) is 17.8 Å². The van der Waals surface area contributed by atoms with Crippen LogP contribution in [-0.2, 0) is 19.1 Å². The highest BCUT2D eigenvalue weighted by Gasteiger charge is 2.27. The maximum Gasteiger partial charge on any atom is 0.410 e. The van der Waals surface area contributed by atoms with Crippen LogP contribution in [0.3, 0.4) is 0 Å². The molecule has 2 aliphatic heterocycles. The zero-order chi connectivity index (χ0) is 34.5. The summed E-state index contributed by atoms with van der Waals surface area (Å²) in [6.45, 7) is 9.42. The number of aliphatic hydroxyl groups excluding tert-OH is 2. The van der Waals surface area contributed by atoms with Gasteiger partial charge >= 0.3 is 6.09 Å². The van der Waals surface area contributed by atoms with Crippen LogP contribution < -0.4 is 4.90 Å². The van der Waals surface area contributed by atoms with Gasteiger partial charge in [-0.15, -0.1) is 0 Å². The number of carbonyl (C=O) groups excluding carboxylic acids is 4. The number of benzene rings is 1. The Hall–Kier alpha value is -3.61. The smallest absolute Gasteiger partial charge is 0.410 e. The van der Waals surface area contributed by atoms with Gasteiger partial charge in [-0.25, -0.2) is 9.18 Å². The molecule has 0 saturated carbocycles. The number of piperazine rings is 2. The van der Waals surface area contributed by atoms with Gasteiger partial charge in [0.25, 0.3) is 0 Å². The number of nitrogens with zero attached hydrogens (tertiary/aromatic N) is 4. The molecule has 11 nitrogen and oxygen atoms in total. The average molecular weight is 659 g/mol. The number of likely N-dealkylation sites (N-methyl/N-ethyl adjacent to an activating group) is 1. The number of amides is 2. The van der Waals surface area contributed by atoms with Crippen molar-refractivity contribution in [3.05, 3.63) is 47.3 Å². The van der Waals surface area contributed by atoms with E-state index in [1.165, 1.54) is 12.1 Å². The third kappa shape index (κ3) is 11.5. The lowest BCUT2D eigenvalue weighted by atomic mass is 9.86. The fourth-order valence-corrected chi connectivity index (χ4v) is 5.93. The minimum Gasteiger partial charge on any atom is -0.442 e. The van der Waals surface area contributed by atoms with Crippen LogP contribution in [0.5, 0.6) is 0 Å². The lowest BCUT2D eigenvalue weighted by molar-refractivity contribution is -0.131. The molecule has 2 saturated heterocycles. The van der Waals surface area contributed by atoms with E-state index in [2.05, 4.69) is 4.90 Å². The SMILES string of the molecule is C/C(=C\c1cc(F)cc(N2CCN(CCO)C(=O)C2)c1)[C@@H](C=O)[C@@H](C)/C=C/[C@H](OC(=O)N1CCN(C)CC1)[C@@H](C)CC[C@@H](O)CC=O. The predicted molar refractivity (Wildman–Crippen MR) is 178 cm³/mol. The van der Waals surface area contributed by atoms with Crippen LogP contribution in [0.2, 0.25) is 0 Å². The Kier molecular flexibility index (Phi) is 15.0. The summed E-state index contributed by atoms with van der Waals surface area (Å²) >= 11 is 0. The van der Waals surface area contributed by atoms with Crippen LogP contribution in [0, 0.1) is 23.6 Å². The van der Waals surface area contributed by atoms with Gasteiger partial charge < -0.3 is 44.1 Å². The third-order valence-electron chi connectivity index (χ3n) is 9.08. The Balaban J connectivity index is 1.75. The summed E-state index contributed by atoms with van der Waals surface area (Å²) in [6, 6.07) is 4.55. The van der Waals surface area contributed by atoms with Gasteiger partial charge in [0.05, 0.1) is 19.3 Å². The molecule has 2 N–H and O–H groups in total. The maximum atomic E-state index is 14.7. The minimum atomic E-state index is -0.765. The number of carbonyl (C=O) groups is 4. The van der Waals surface area contributed by atoms with Crippen LogP contribution in [-0.4, -0.2) is 128 Å². The number of anilines is 1. The molecule has 2 aliphatic rings. The van der Waals surface area contributed by atoms with Gasteiger partial charge in [0.2, 0.25) is 5.91 Å². The van der Waals surface area contributed by atoms with E-state index < -0.39 is 30.0 Å². The van der Waals surface area contributed by atoms with Crippen molar-refractivity contribution in [2.75, 3.05) is 70.9 Å². The van der Waals surface area contributed by atoms with Crippen LogP contribution in [0.15, 0.2) is 35.9 Å². The zero-order valence-corrected chi connectivity index (χ0v) is 28.1. The molecule has 1 aromatic carbocycles. The van der Waals surface area contributed by atoms with Gasteiger partial charge in [0, 0.05) is 63.8 Å². The highest BCUT2D eigenvalue weighted by molar-refractivity contribution is 5.83. The van der Waals surface area contributed by atoms with Crippen molar-refractivity contribution < 1.29 is 38.5 Å². The Morgan fingerprint density at radius 2 is 1.77 bits per heavy atom. The second-order valence-corrected chi connectivity index (χ2v) is 12.8. The summed E-state index contributed by atoms with van der Waals surface area (Å²) in [5.74, 6) is -1.58. The monoisotopic (exact) mass is 658 g/mol. The van der Waals surface area contributed by atoms with E-state index in [-0.39, 0.29) is 43.9 Å². The summed E-state index contributed by atoms with van der Waals surface area (Å²) in [5, 5.41) is 19.3. The second kappa shape index (κ2) is 18.7. The molecule has 2 heterocycles. The molecule has 1 aromatic rings. The molecular formula is C35H51FN4O7. The van der Waals surface area contributed by atoms with Crippen LogP contribution in [0.1, 0.15) is 45.6 Å². The van der Waals surface area contributed by atoms with Crippen LogP contribution in [0.25, 0.3) is 6.08 Å². The Labute approximate surface area is 277 Å². The number of halogens is 1. The first kappa shape index (κ1) is 37.8. The summed E-state index contributed by atoms with van der Waals surface area (Å²) in [7, 11) is 2.00. The molecule has 0 spiro atoms. The fraction of sp³-hybridized carbons (Fsp3) is 0.600. The molecule has 5 atom stereocenters. The number of rotatable bonds is 16. The molecule has 260 valence electrons. The van der Waals surface area contributed by atoms with E-state index in [0.29, 0.717) is 62.1 Å². The summed E-state index contributed by atoms with van der Waals surface area (Å²) < 4.78 is 20.7. The van der Waals surface area contributed by atoms with Crippen LogP contribution >= 0.6 is 0 Å². The fourth-order valence-electron chi connectivity index (χ4n) is 5.93. The van der Waals surface area contributed by atoms with Gasteiger partial charge in [-0.3, -0.25) is 4.79 Å². The van der Waals surface area contributed by atoms with E-state index in [4.69, 9.17) is 4.74 Å². The number of hydrogen-bond acceptors (Lipinski definition) is 9. The Bertz CT molecular complexity index is 1270. The topological polar surface area (TPSA) is 131 Å². The first-order chi connectivity index (χ1) is 22.4. The number of hydrogen-bond donors (Lipinski definition) is 2. The normalized spacial score (nSPS) is 19.8. The quantitative estimate of drug-likeness (QED) is 0.203. The summed E-state index contributed by atoms with van der Waals surface area (Å²) in [6.07, 6.45) is 6.11. The van der Waals surface area contributed by atoms with Crippen molar-refractivity contribution in [3.63, 3.8) is 0 Å². The zero-order valence-electron chi connectivity index (χ0n) is 28.1. The van der Waals surface area contributed by atoms with Crippen molar-refractivity contribution in [1.82, 2.24) is 14.7 Å². The van der Waals surface area contributed by atoms with Crippen molar-refractivity contribution in [2.45, 2.75) is 52.2 Å². The molecule has 3 rings (SSSR count). The van der Waals surface area contributed by atoms with E-state index >= 15 is 0 Å². The van der Waals surface area contributed by atoms with Gasteiger partial charge in [-0.05, 0) is 68.5 Å². The van der Waals surface area contributed by atoms with Crippen molar-refractivity contribution in [3.8, 4) is 0 Å². The minimum absolute atomic E-state index is 0.0458. The maximum absolute atomic E-state index is 14.7. The largest absolute Gasteiger partial charge is 0.442 e. The van der Waals surface area contributed by atoms with Gasteiger partial charge in [-0.1, -0.05) is 31.6 Å². The molecular weight excluding hydrogens is 607 g/mol. The van der Waals surface area contributed by atoms with Gasteiger partial charge in [0.1, 0.15) is 24.5 Å². The van der Waals surface area contributed by atoms with Gasteiger partial charge in [0.15, 0.2) is 0 Å². The lowest BCUT2D eigenvalue weighted by Gasteiger charge is -2.35. The van der Waals surface area contributed by atoms with E-state index in [9.17, 15) is 33.8 Å². The molecule has 0 bridgehead atoms. The van der Waals surface area contributed by atoms with E-state index in [0.717, 1.165) is 19.4 Å². The molecule has 0 aliphatic carbocycles. The predicted octanol–water partition coefficient (Wildman–Crippen LogP) is 3.00. The third-order valence-corrected chi connectivity index (χ3v) is 9.08. The lowest BCUT2D eigenvalue weighted by Crippen LogP contribution is -2.51. The van der Waals surface area contributed by atoms with Gasteiger partial charge in [-0.2, -0.15) is 0 Å². The standard InChI is InChI=1S/C35H51FN4O7/c1-25(6-8-33(26(2)5-7-31(44)9-17-41)47-35(46)39-12-10-37(4)11-13-39)32(24-43)27(3)19-28-20-29(36)22-30(21-28)40-15-14-38(16-18-42)34(45)23-40/h6,8,17,19-22,24-26,31-33,42,44H,5,7,9-16,18,23H2,1-4H3/b8-6+,27-19+/t25-,26-,31+,32-,33-/m0/s1. The highest BCUT2D eigenvalue weighted by atomic mass is 19.1. The highest BCUT2D eigenvalue weighted by Crippen LogP contribution is 2.27. The first-order valence-electron chi connectivity index (χ1n) is 16.5. The molecule has 0 unspecified atom stereocenters. The molecule has 0 aromatic heterocycles. The number of allylic oxidation sites excluding steroid dienone is 2. The average Bonchev–Trinajstić information content (AvgIpc) is 3.03. The molecule has 12 heteroatoms. The Morgan fingerprint density at radius 1 is 1.04 bits per heavy atom. The Morgan fingerprint density at radius 3 is 2.40 bits per heavy atom. The number of β-amino-alcohol motifs (C(OH)–C–C–N with tert-alkyl or cyclic N) is 1. The molecule has 2 amide bonds. The summed E-state index contributed by atoms with van der Waals surface area (Å²) in [5.41, 5.74) is 1.84. The molecule has 47 heavy (non-hydrogen) atoms. The molecule has 0 radical (unpaired) electrons. The molecule has 2 fully saturated rings.